The molecule has 2 amide bonds. The van der Waals surface area contributed by atoms with Crippen molar-refractivity contribution in [1.82, 2.24) is 10.2 Å². The zero-order valence-corrected chi connectivity index (χ0v) is 12.3. The number of carbonyl (C=O) groups excluding carboxylic acids is 2. The first-order chi connectivity index (χ1) is 10.2. The molecule has 2 rings (SSSR count). The van der Waals surface area contributed by atoms with Crippen molar-refractivity contribution in [1.29, 1.82) is 0 Å². The van der Waals surface area contributed by atoms with Crippen LogP contribution in [0.15, 0.2) is 24.3 Å². The van der Waals surface area contributed by atoms with Gasteiger partial charge in [0.25, 0.3) is 0 Å². The van der Waals surface area contributed by atoms with E-state index in [9.17, 15) is 9.59 Å². The van der Waals surface area contributed by atoms with E-state index in [1.807, 2.05) is 29.2 Å². The number of carbonyl (C=O) groups is 2. The van der Waals surface area contributed by atoms with Crippen LogP contribution in [0.3, 0.4) is 0 Å². The Balaban J connectivity index is 1.68. The lowest BCUT2D eigenvalue weighted by molar-refractivity contribution is -0.130. The molecule has 0 radical (unpaired) electrons. The molecule has 0 aromatic heterocycles. The number of nitrogens with zero attached hydrogens (tertiary/aromatic N) is 1. The molecule has 1 fully saturated rings. The summed E-state index contributed by atoms with van der Waals surface area (Å²) in [7, 11) is 0. The van der Waals surface area contributed by atoms with Gasteiger partial charge in [-0.1, -0.05) is 24.3 Å². The van der Waals surface area contributed by atoms with Crippen molar-refractivity contribution in [3.63, 3.8) is 0 Å². The van der Waals surface area contributed by atoms with Gasteiger partial charge in [0.05, 0.1) is 6.42 Å². The predicted octanol–water partition coefficient (Wildman–Crippen LogP) is 0.816. The Hall–Kier alpha value is -1.88. The van der Waals surface area contributed by atoms with Gasteiger partial charge in [0, 0.05) is 32.6 Å². The third-order valence-corrected chi connectivity index (χ3v) is 3.74. The fourth-order valence-corrected chi connectivity index (χ4v) is 2.47. The van der Waals surface area contributed by atoms with Gasteiger partial charge in [0.15, 0.2) is 0 Å². The largest absolute Gasteiger partial charge is 0.355 e. The third-order valence-electron chi connectivity index (χ3n) is 3.74. The van der Waals surface area contributed by atoms with E-state index in [1.165, 1.54) is 0 Å². The van der Waals surface area contributed by atoms with Crippen molar-refractivity contribution in [3.8, 4) is 0 Å². The molecule has 1 heterocycles. The number of likely N-dealkylation sites (tertiary alicyclic amines) is 1. The van der Waals surface area contributed by atoms with Crippen molar-refractivity contribution in [2.24, 2.45) is 5.73 Å². The Kier molecular flexibility index (Phi) is 5.75. The predicted molar refractivity (Wildman–Crippen MR) is 81.5 cm³/mol. The Morgan fingerprint density at radius 1 is 1.10 bits per heavy atom. The van der Waals surface area contributed by atoms with Gasteiger partial charge in [-0.25, -0.2) is 0 Å². The van der Waals surface area contributed by atoms with Crippen LogP contribution in [0.4, 0.5) is 0 Å². The summed E-state index contributed by atoms with van der Waals surface area (Å²) in [4.78, 5) is 25.5. The van der Waals surface area contributed by atoms with E-state index in [4.69, 9.17) is 5.73 Å². The molecule has 0 saturated carbocycles. The van der Waals surface area contributed by atoms with E-state index in [0.29, 0.717) is 25.9 Å². The third kappa shape index (κ3) is 4.86. The molecule has 1 aliphatic heterocycles. The van der Waals surface area contributed by atoms with Gasteiger partial charge in [-0.15, -0.1) is 0 Å². The van der Waals surface area contributed by atoms with E-state index in [-0.39, 0.29) is 11.8 Å². The van der Waals surface area contributed by atoms with E-state index in [0.717, 1.165) is 37.1 Å². The van der Waals surface area contributed by atoms with E-state index >= 15 is 0 Å². The second-order valence-corrected chi connectivity index (χ2v) is 5.39. The highest BCUT2D eigenvalue weighted by molar-refractivity contribution is 5.80. The molecule has 5 heteroatoms. The summed E-state index contributed by atoms with van der Waals surface area (Å²) in [5.74, 6) is 0.0878. The number of hydrogen-bond acceptors (Lipinski definition) is 3. The lowest BCUT2D eigenvalue weighted by Gasteiger charge is -2.15. The first-order valence-corrected chi connectivity index (χ1v) is 7.51. The molecule has 0 bridgehead atoms. The highest BCUT2D eigenvalue weighted by Crippen LogP contribution is 2.08. The molecule has 1 aromatic rings. The molecule has 1 aliphatic rings. The molecular weight excluding hydrogens is 266 g/mol. The lowest BCUT2D eigenvalue weighted by Crippen LogP contribution is -2.33. The summed E-state index contributed by atoms with van der Waals surface area (Å²) >= 11 is 0. The van der Waals surface area contributed by atoms with Gasteiger partial charge in [0.2, 0.25) is 11.8 Å². The fraction of sp³-hybridized carbons (Fsp3) is 0.500. The van der Waals surface area contributed by atoms with Gasteiger partial charge >= 0.3 is 0 Å². The molecule has 1 saturated heterocycles. The number of nitrogens with two attached hydrogens (primary N) is 1. The van der Waals surface area contributed by atoms with Gasteiger partial charge in [-0.05, 0) is 24.0 Å². The first-order valence-electron chi connectivity index (χ1n) is 7.51. The molecule has 0 spiro atoms. The van der Waals surface area contributed by atoms with E-state index < -0.39 is 0 Å². The SMILES string of the molecule is NCc1ccc(CC(=O)NCCC(=O)N2CCCC2)cc1. The van der Waals surface area contributed by atoms with Crippen LogP contribution in [-0.4, -0.2) is 36.3 Å². The average molecular weight is 289 g/mol. The molecule has 21 heavy (non-hydrogen) atoms. The summed E-state index contributed by atoms with van der Waals surface area (Å²) in [6.45, 7) is 2.64. The van der Waals surface area contributed by atoms with Crippen LogP contribution < -0.4 is 11.1 Å². The smallest absolute Gasteiger partial charge is 0.224 e. The summed E-state index contributed by atoms with van der Waals surface area (Å²) in [6.07, 6.45) is 2.91. The number of hydrogen-bond donors (Lipinski definition) is 2. The van der Waals surface area contributed by atoms with Crippen molar-refractivity contribution in [2.75, 3.05) is 19.6 Å². The molecule has 0 aliphatic carbocycles. The Morgan fingerprint density at radius 2 is 1.71 bits per heavy atom. The monoisotopic (exact) mass is 289 g/mol. The minimum absolute atomic E-state index is 0.0512. The van der Waals surface area contributed by atoms with Crippen LogP contribution in [0.25, 0.3) is 0 Å². The molecule has 5 nitrogen and oxygen atoms in total. The Labute approximate surface area is 125 Å². The highest BCUT2D eigenvalue weighted by Gasteiger charge is 2.17. The molecule has 0 atom stereocenters. The van der Waals surface area contributed by atoms with E-state index in [1.54, 1.807) is 0 Å². The highest BCUT2D eigenvalue weighted by atomic mass is 16.2. The zero-order valence-electron chi connectivity index (χ0n) is 12.3. The number of rotatable bonds is 6. The lowest BCUT2D eigenvalue weighted by atomic mass is 10.1. The van der Waals surface area contributed by atoms with Crippen LogP contribution in [0.2, 0.25) is 0 Å². The molecular formula is C16H23N3O2. The number of benzene rings is 1. The van der Waals surface area contributed by atoms with Crippen LogP contribution >= 0.6 is 0 Å². The van der Waals surface area contributed by atoms with Gasteiger partial charge < -0.3 is 16.0 Å². The molecule has 1 aromatic carbocycles. The molecule has 114 valence electrons. The van der Waals surface area contributed by atoms with Crippen LogP contribution in [0, 0.1) is 0 Å². The van der Waals surface area contributed by atoms with Gasteiger partial charge in [0.1, 0.15) is 0 Å². The first kappa shape index (κ1) is 15.5. The average Bonchev–Trinajstić information content (AvgIpc) is 3.02. The number of amides is 2. The van der Waals surface area contributed by atoms with Crippen LogP contribution in [0.5, 0.6) is 0 Å². The summed E-state index contributed by atoms with van der Waals surface area (Å²) in [5, 5.41) is 2.80. The minimum atomic E-state index is -0.0512. The fourth-order valence-electron chi connectivity index (χ4n) is 2.47. The zero-order chi connectivity index (χ0) is 15.1. The maximum atomic E-state index is 11.8. The minimum Gasteiger partial charge on any atom is -0.355 e. The van der Waals surface area contributed by atoms with Gasteiger partial charge in [-0.2, -0.15) is 0 Å². The van der Waals surface area contributed by atoms with Crippen molar-refractivity contribution < 1.29 is 9.59 Å². The Bertz CT molecular complexity index is 479. The maximum absolute atomic E-state index is 11.8. The summed E-state index contributed by atoms with van der Waals surface area (Å²) in [6, 6.07) is 7.69. The Morgan fingerprint density at radius 3 is 2.33 bits per heavy atom. The summed E-state index contributed by atoms with van der Waals surface area (Å²) in [5.41, 5.74) is 7.54. The maximum Gasteiger partial charge on any atom is 0.224 e. The van der Waals surface area contributed by atoms with Crippen molar-refractivity contribution in [3.05, 3.63) is 35.4 Å². The van der Waals surface area contributed by atoms with Crippen LogP contribution in [0.1, 0.15) is 30.4 Å². The second kappa shape index (κ2) is 7.78. The molecule has 0 unspecified atom stereocenters. The second-order valence-electron chi connectivity index (χ2n) is 5.39. The standard InChI is InChI=1S/C16H23N3O2/c17-12-14-5-3-13(4-6-14)11-15(20)18-8-7-16(21)19-9-1-2-10-19/h3-6H,1-2,7-12,17H2,(H,18,20). The van der Waals surface area contributed by atoms with Gasteiger partial charge in [-0.3, -0.25) is 9.59 Å². The topological polar surface area (TPSA) is 75.4 Å². The van der Waals surface area contributed by atoms with Crippen molar-refractivity contribution in [2.45, 2.75) is 32.2 Å². The number of nitrogens with one attached hydrogen (secondary N) is 1. The van der Waals surface area contributed by atoms with Crippen molar-refractivity contribution >= 4 is 11.8 Å². The quantitative estimate of drug-likeness (QED) is 0.814. The molecule has 3 N–H and O–H groups in total. The summed E-state index contributed by atoms with van der Waals surface area (Å²) < 4.78 is 0. The normalized spacial score (nSPS) is 14.2. The van der Waals surface area contributed by atoms with Crippen LogP contribution in [-0.2, 0) is 22.6 Å². The van der Waals surface area contributed by atoms with E-state index in [2.05, 4.69) is 5.32 Å².